The van der Waals surface area contributed by atoms with Gasteiger partial charge in [0.1, 0.15) is 10.8 Å². The van der Waals surface area contributed by atoms with Crippen molar-refractivity contribution < 1.29 is 0 Å². The Morgan fingerprint density at radius 2 is 2.07 bits per heavy atom. The molecular weight excluding hydrogens is 202 g/mol. The molecule has 14 heavy (non-hydrogen) atoms. The highest BCUT2D eigenvalue weighted by atomic mass is 35.5. The van der Waals surface area contributed by atoms with E-state index in [2.05, 4.69) is 25.4 Å². The lowest BCUT2D eigenvalue weighted by Gasteiger charge is -2.02. The van der Waals surface area contributed by atoms with Crippen LogP contribution in [0.1, 0.15) is 11.3 Å². The van der Waals surface area contributed by atoms with Crippen molar-refractivity contribution in [1.82, 2.24) is 25.4 Å². The summed E-state index contributed by atoms with van der Waals surface area (Å²) < 4.78 is 0. The van der Waals surface area contributed by atoms with Crippen LogP contribution >= 0.6 is 11.6 Å². The summed E-state index contributed by atoms with van der Waals surface area (Å²) in [6.45, 7) is 3.76. The molecule has 0 spiro atoms. The Hall–Kier alpha value is -1.49. The fraction of sp³-hybridized carbons (Fsp3) is 0.250. The smallest absolute Gasteiger partial charge is 0.183 e. The minimum Gasteiger partial charge on any atom is -0.232 e. The Kier molecular flexibility index (Phi) is 2.17. The van der Waals surface area contributed by atoms with Gasteiger partial charge in [-0.15, -0.1) is 0 Å². The Morgan fingerprint density at radius 3 is 2.64 bits per heavy atom. The fourth-order valence-corrected chi connectivity index (χ4v) is 1.23. The number of H-pyrrole nitrogens is 1. The first-order valence-electron chi connectivity index (χ1n) is 4.05. The van der Waals surface area contributed by atoms with E-state index >= 15 is 0 Å². The molecule has 2 aromatic rings. The second kappa shape index (κ2) is 3.34. The summed E-state index contributed by atoms with van der Waals surface area (Å²) in [6, 6.07) is 0. The molecule has 0 aromatic carbocycles. The van der Waals surface area contributed by atoms with E-state index < -0.39 is 0 Å². The van der Waals surface area contributed by atoms with E-state index in [0.717, 1.165) is 11.3 Å². The molecule has 0 atom stereocenters. The molecule has 1 N–H and O–H groups in total. The molecule has 0 saturated carbocycles. The number of hydrogen-bond acceptors (Lipinski definition) is 4. The van der Waals surface area contributed by atoms with Crippen LogP contribution in [0.4, 0.5) is 0 Å². The van der Waals surface area contributed by atoms with Crippen molar-refractivity contribution >= 4 is 11.6 Å². The summed E-state index contributed by atoms with van der Waals surface area (Å²) in [6.07, 6.45) is 1.56. The van der Waals surface area contributed by atoms with Gasteiger partial charge in [0.15, 0.2) is 5.82 Å². The van der Waals surface area contributed by atoms with Crippen LogP contribution in [0.2, 0.25) is 5.15 Å². The molecule has 2 aromatic heterocycles. The number of aryl methyl sites for hydroxylation is 1. The molecule has 5 nitrogen and oxygen atoms in total. The Labute approximate surface area is 85.5 Å². The van der Waals surface area contributed by atoms with Crippen molar-refractivity contribution in [2.45, 2.75) is 13.8 Å². The maximum atomic E-state index is 5.93. The number of nitrogens with one attached hydrogen (secondary N) is 1. The van der Waals surface area contributed by atoms with Crippen LogP contribution in [0.5, 0.6) is 0 Å². The van der Waals surface area contributed by atoms with Crippen molar-refractivity contribution in [3.05, 3.63) is 22.6 Å². The normalized spacial score (nSPS) is 10.5. The van der Waals surface area contributed by atoms with Gasteiger partial charge in [-0.25, -0.2) is 9.97 Å². The van der Waals surface area contributed by atoms with Crippen molar-refractivity contribution in [3.63, 3.8) is 0 Å². The molecule has 0 unspecified atom stereocenters. The van der Waals surface area contributed by atoms with Gasteiger partial charge in [0.05, 0.1) is 6.20 Å². The van der Waals surface area contributed by atoms with E-state index in [9.17, 15) is 0 Å². The highest BCUT2D eigenvalue weighted by Gasteiger charge is 2.09. The summed E-state index contributed by atoms with van der Waals surface area (Å²) in [5.41, 5.74) is 2.33. The first-order valence-corrected chi connectivity index (χ1v) is 4.43. The maximum Gasteiger partial charge on any atom is 0.183 e. The molecule has 0 aliphatic rings. The zero-order valence-corrected chi connectivity index (χ0v) is 8.50. The maximum absolute atomic E-state index is 5.93. The first kappa shape index (κ1) is 9.08. The SMILES string of the molecule is Cc1nc(-c2cn[nH]n2)nc(Cl)c1C. The molecule has 2 heterocycles. The third-order valence-electron chi connectivity index (χ3n) is 1.97. The van der Waals surface area contributed by atoms with Gasteiger partial charge in [0.2, 0.25) is 0 Å². The Bertz CT molecular complexity index is 428. The summed E-state index contributed by atoms with van der Waals surface area (Å²) in [5, 5.41) is 10.5. The zero-order valence-electron chi connectivity index (χ0n) is 7.74. The summed E-state index contributed by atoms with van der Waals surface area (Å²) in [5.74, 6) is 0.492. The Morgan fingerprint density at radius 1 is 1.29 bits per heavy atom. The molecule has 0 fully saturated rings. The topological polar surface area (TPSA) is 67.3 Å². The third-order valence-corrected chi connectivity index (χ3v) is 2.34. The predicted molar refractivity (Wildman–Crippen MR) is 51.9 cm³/mol. The lowest BCUT2D eigenvalue weighted by molar-refractivity contribution is 0.936. The number of aromatic nitrogens is 5. The van der Waals surface area contributed by atoms with E-state index in [1.54, 1.807) is 6.20 Å². The van der Waals surface area contributed by atoms with E-state index in [1.807, 2.05) is 13.8 Å². The molecule has 6 heteroatoms. The largest absolute Gasteiger partial charge is 0.232 e. The second-order valence-electron chi connectivity index (χ2n) is 2.90. The van der Waals surface area contributed by atoms with Crippen LogP contribution in [-0.4, -0.2) is 25.4 Å². The molecule has 0 saturated heterocycles. The van der Waals surface area contributed by atoms with E-state index in [0.29, 0.717) is 16.7 Å². The van der Waals surface area contributed by atoms with Crippen LogP contribution in [0.15, 0.2) is 6.20 Å². The van der Waals surface area contributed by atoms with E-state index in [1.165, 1.54) is 0 Å². The first-order chi connectivity index (χ1) is 6.68. The van der Waals surface area contributed by atoms with Gasteiger partial charge in [0, 0.05) is 11.3 Å². The molecule has 0 radical (unpaired) electrons. The molecule has 0 bridgehead atoms. The van der Waals surface area contributed by atoms with Crippen LogP contribution in [-0.2, 0) is 0 Å². The third kappa shape index (κ3) is 1.46. The highest BCUT2D eigenvalue weighted by molar-refractivity contribution is 6.30. The lowest BCUT2D eigenvalue weighted by atomic mass is 10.2. The molecule has 2 rings (SSSR count). The molecule has 0 aliphatic heterocycles. The van der Waals surface area contributed by atoms with Crippen LogP contribution in [0, 0.1) is 13.8 Å². The second-order valence-corrected chi connectivity index (χ2v) is 3.26. The summed E-state index contributed by atoms with van der Waals surface area (Å²) in [7, 11) is 0. The average Bonchev–Trinajstić information content (AvgIpc) is 2.66. The van der Waals surface area contributed by atoms with E-state index in [4.69, 9.17) is 11.6 Å². The number of halogens is 1. The Balaban J connectivity index is 2.57. The number of aromatic amines is 1. The monoisotopic (exact) mass is 209 g/mol. The molecule has 0 aliphatic carbocycles. The minimum absolute atomic E-state index is 0.454. The number of rotatable bonds is 1. The van der Waals surface area contributed by atoms with Gasteiger partial charge in [-0.05, 0) is 13.8 Å². The molecular formula is C8H8ClN5. The summed E-state index contributed by atoms with van der Waals surface area (Å²) >= 11 is 5.93. The van der Waals surface area contributed by atoms with Gasteiger partial charge in [-0.3, -0.25) is 0 Å². The lowest BCUT2D eigenvalue weighted by Crippen LogP contribution is -1.96. The van der Waals surface area contributed by atoms with Crippen LogP contribution in [0.3, 0.4) is 0 Å². The van der Waals surface area contributed by atoms with Gasteiger partial charge in [-0.1, -0.05) is 11.6 Å². The predicted octanol–water partition coefficient (Wildman–Crippen LogP) is 1.53. The number of nitrogens with zero attached hydrogens (tertiary/aromatic N) is 4. The standard InChI is InChI=1S/C8H8ClN5/c1-4-5(2)11-8(12-7(4)9)6-3-10-14-13-6/h3H,1-2H3,(H,10,13,14). The van der Waals surface area contributed by atoms with Crippen molar-refractivity contribution in [3.8, 4) is 11.5 Å². The van der Waals surface area contributed by atoms with E-state index in [-0.39, 0.29) is 0 Å². The van der Waals surface area contributed by atoms with Gasteiger partial charge < -0.3 is 0 Å². The number of hydrogen-bond donors (Lipinski definition) is 1. The van der Waals surface area contributed by atoms with Crippen LogP contribution in [0.25, 0.3) is 11.5 Å². The molecule has 0 amide bonds. The van der Waals surface area contributed by atoms with Crippen molar-refractivity contribution in [1.29, 1.82) is 0 Å². The summed E-state index contributed by atoms with van der Waals surface area (Å²) in [4.78, 5) is 8.37. The highest BCUT2D eigenvalue weighted by Crippen LogP contribution is 2.18. The van der Waals surface area contributed by atoms with Gasteiger partial charge in [0.25, 0.3) is 0 Å². The minimum atomic E-state index is 0.454. The van der Waals surface area contributed by atoms with Crippen molar-refractivity contribution in [2.75, 3.05) is 0 Å². The van der Waals surface area contributed by atoms with Crippen molar-refractivity contribution in [2.24, 2.45) is 0 Å². The van der Waals surface area contributed by atoms with Gasteiger partial charge in [-0.2, -0.15) is 15.4 Å². The van der Waals surface area contributed by atoms with Gasteiger partial charge >= 0.3 is 0 Å². The van der Waals surface area contributed by atoms with Crippen LogP contribution < -0.4 is 0 Å². The zero-order chi connectivity index (χ0) is 10.1. The average molecular weight is 210 g/mol. The molecule has 72 valence electrons. The quantitative estimate of drug-likeness (QED) is 0.724. The fourth-order valence-electron chi connectivity index (χ4n) is 1.02.